The van der Waals surface area contributed by atoms with E-state index in [1.165, 1.54) is 0 Å². The molecule has 0 saturated carbocycles. The Morgan fingerprint density at radius 2 is 1.33 bits per heavy atom. The van der Waals surface area contributed by atoms with Crippen LogP contribution in [0.3, 0.4) is 0 Å². The van der Waals surface area contributed by atoms with Crippen LogP contribution >= 0.6 is 23.2 Å². The summed E-state index contributed by atoms with van der Waals surface area (Å²) in [5.41, 5.74) is 0. The van der Waals surface area contributed by atoms with Crippen LogP contribution in [0.15, 0.2) is 11.1 Å². The highest BCUT2D eigenvalue weighted by atomic mass is 35.5. The number of alkyl halides is 5. The lowest BCUT2D eigenvalue weighted by molar-refractivity contribution is -0.184. The van der Waals surface area contributed by atoms with Crippen LogP contribution in [-0.2, 0) is 0 Å². The molecule has 0 aromatic heterocycles. The normalized spacial score (nSPS) is 17.0. The molecule has 0 spiro atoms. The predicted octanol–water partition coefficient (Wildman–Crippen LogP) is 3.80. The van der Waals surface area contributed by atoms with Gasteiger partial charge < -0.3 is 0 Å². The van der Waals surface area contributed by atoms with Crippen molar-refractivity contribution in [1.29, 1.82) is 0 Å². The van der Waals surface area contributed by atoms with E-state index in [-0.39, 0.29) is 0 Å². The molecule has 0 nitrogen and oxygen atoms in total. The van der Waals surface area contributed by atoms with Gasteiger partial charge in [0.25, 0.3) is 6.08 Å². The molecule has 0 saturated heterocycles. The molecule has 72 valence electrons. The fourth-order valence-corrected chi connectivity index (χ4v) is 0.422. The summed E-state index contributed by atoms with van der Waals surface area (Å²) in [5.74, 6) is 0. The summed E-state index contributed by atoms with van der Waals surface area (Å²) in [6, 6.07) is 0. The molecule has 1 atom stereocenters. The molecular formula is C4Cl2F6. The average molecular weight is 233 g/mol. The molecule has 12 heavy (non-hydrogen) atoms. The summed E-state index contributed by atoms with van der Waals surface area (Å²) in [6.45, 7) is 0. The number of halogens is 8. The molecule has 0 aromatic rings. The van der Waals surface area contributed by atoms with Crippen LogP contribution in [0.5, 0.6) is 0 Å². The minimum Gasteiger partial charge on any atom is -0.209 e. The Morgan fingerprint density at radius 1 is 1.00 bits per heavy atom. The lowest BCUT2D eigenvalue weighted by Crippen LogP contribution is -2.35. The van der Waals surface area contributed by atoms with Crippen LogP contribution in [0.1, 0.15) is 0 Å². The second-order valence-electron chi connectivity index (χ2n) is 1.65. The van der Waals surface area contributed by atoms with E-state index in [9.17, 15) is 26.3 Å². The number of hydrogen-bond acceptors (Lipinski definition) is 0. The number of allylic oxidation sites excluding steroid dienone is 1. The summed E-state index contributed by atoms with van der Waals surface area (Å²) in [4.78, 5) is 0. The summed E-state index contributed by atoms with van der Waals surface area (Å²) >= 11 is 8.39. The molecule has 0 N–H and O–H groups in total. The van der Waals surface area contributed by atoms with E-state index < -0.39 is 22.4 Å². The molecule has 0 radical (unpaired) electrons. The van der Waals surface area contributed by atoms with Gasteiger partial charge in [-0.2, -0.15) is 22.0 Å². The minimum absolute atomic E-state index is 2.36. The van der Waals surface area contributed by atoms with Gasteiger partial charge in [-0.15, -0.1) is 0 Å². The average Bonchev–Trinajstić information content (AvgIpc) is 1.83. The Balaban J connectivity index is 5.01. The molecule has 0 amide bonds. The van der Waals surface area contributed by atoms with Crippen LogP contribution in [0.4, 0.5) is 26.3 Å². The topological polar surface area (TPSA) is 0 Å². The quantitative estimate of drug-likeness (QED) is 0.477. The lowest BCUT2D eigenvalue weighted by Gasteiger charge is -2.19. The Morgan fingerprint density at radius 3 is 1.42 bits per heavy atom. The van der Waals surface area contributed by atoms with Crippen LogP contribution in [0.2, 0.25) is 0 Å². The third-order valence-electron chi connectivity index (χ3n) is 0.798. The Kier molecular flexibility index (Phi) is 3.31. The van der Waals surface area contributed by atoms with E-state index in [0.717, 1.165) is 0 Å². The van der Waals surface area contributed by atoms with E-state index >= 15 is 0 Å². The summed E-state index contributed by atoms with van der Waals surface area (Å²) in [5, 5.41) is -7.08. The second kappa shape index (κ2) is 3.33. The standard InChI is InChI=1S/C4Cl2F6/c5-1(2(7)8)3(6,9)4(10,11)12. The molecule has 8 heteroatoms. The largest absolute Gasteiger partial charge is 0.442 e. The van der Waals surface area contributed by atoms with Crippen LogP contribution in [-0.4, -0.2) is 11.3 Å². The zero-order valence-corrected chi connectivity index (χ0v) is 6.54. The van der Waals surface area contributed by atoms with Crippen LogP contribution in [0.25, 0.3) is 0 Å². The minimum atomic E-state index is -5.67. The Hall–Kier alpha value is -0.100. The van der Waals surface area contributed by atoms with Gasteiger partial charge in [-0.05, 0) is 0 Å². The van der Waals surface area contributed by atoms with Crippen molar-refractivity contribution in [2.45, 2.75) is 11.3 Å². The SMILES string of the molecule is FC(F)=C(Cl)C(F)(Cl)C(F)(F)F. The molecule has 0 fully saturated rings. The maximum Gasteiger partial charge on any atom is 0.442 e. The van der Waals surface area contributed by atoms with Gasteiger partial charge in [0.2, 0.25) is 0 Å². The van der Waals surface area contributed by atoms with E-state index in [1.54, 1.807) is 0 Å². The van der Waals surface area contributed by atoms with Gasteiger partial charge in [-0.3, -0.25) is 0 Å². The molecule has 0 bridgehead atoms. The van der Waals surface area contributed by atoms with Crippen molar-refractivity contribution >= 4 is 23.2 Å². The Bertz CT molecular complexity index is 200. The van der Waals surface area contributed by atoms with Gasteiger partial charge in [0.1, 0.15) is 5.03 Å². The number of hydrogen-bond donors (Lipinski definition) is 0. The summed E-state index contributed by atoms with van der Waals surface area (Å²) in [7, 11) is 0. The fraction of sp³-hybridized carbons (Fsp3) is 0.500. The van der Waals surface area contributed by atoms with E-state index in [0.29, 0.717) is 0 Å². The molecule has 1 unspecified atom stereocenters. The van der Waals surface area contributed by atoms with E-state index in [2.05, 4.69) is 23.2 Å². The summed E-state index contributed by atoms with van der Waals surface area (Å²) < 4.78 is 69.4. The molecule has 0 aliphatic rings. The van der Waals surface area contributed by atoms with Gasteiger partial charge >= 0.3 is 11.3 Å². The molecular weight excluding hydrogens is 233 g/mol. The second-order valence-corrected chi connectivity index (χ2v) is 2.55. The fourth-order valence-electron chi connectivity index (χ4n) is 0.243. The monoisotopic (exact) mass is 232 g/mol. The van der Waals surface area contributed by atoms with Gasteiger partial charge in [0.05, 0.1) is 0 Å². The lowest BCUT2D eigenvalue weighted by atomic mass is 10.3. The van der Waals surface area contributed by atoms with Crippen LogP contribution in [0, 0.1) is 0 Å². The molecule has 0 aliphatic carbocycles. The number of rotatable bonds is 1. The zero-order valence-electron chi connectivity index (χ0n) is 5.02. The smallest absolute Gasteiger partial charge is 0.209 e. The first-order valence-electron chi connectivity index (χ1n) is 2.26. The maximum absolute atomic E-state index is 12.2. The first-order chi connectivity index (χ1) is 5.10. The first-order valence-corrected chi connectivity index (χ1v) is 3.02. The summed E-state index contributed by atoms with van der Waals surface area (Å²) in [6.07, 6.45) is -8.68. The first kappa shape index (κ1) is 11.9. The van der Waals surface area contributed by atoms with Gasteiger partial charge in [-0.1, -0.05) is 23.2 Å². The van der Waals surface area contributed by atoms with E-state index in [1.807, 2.05) is 0 Å². The molecule has 0 rings (SSSR count). The van der Waals surface area contributed by atoms with Gasteiger partial charge in [0, 0.05) is 0 Å². The van der Waals surface area contributed by atoms with Crippen molar-refractivity contribution < 1.29 is 26.3 Å². The highest BCUT2D eigenvalue weighted by Gasteiger charge is 2.59. The third kappa shape index (κ3) is 2.20. The van der Waals surface area contributed by atoms with Gasteiger partial charge in [-0.25, -0.2) is 4.39 Å². The zero-order chi connectivity index (χ0) is 10.2. The van der Waals surface area contributed by atoms with E-state index in [4.69, 9.17) is 0 Å². The van der Waals surface area contributed by atoms with Crippen molar-refractivity contribution in [2.75, 3.05) is 0 Å². The maximum atomic E-state index is 12.2. The Labute approximate surface area is 72.7 Å². The van der Waals surface area contributed by atoms with Crippen molar-refractivity contribution in [3.05, 3.63) is 11.1 Å². The van der Waals surface area contributed by atoms with Gasteiger partial charge in [0.15, 0.2) is 0 Å². The van der Waals surface area contributed by atoms with Crippen molar-refractivity contribution in [3.8, 4) is 0 Å². The third-order valence-corrected chi connectivity index (χ3v) is 1.70. The molecule has 0 heterocycles. The highest BCUT2D eigenvalue weighted by molar-refractivity contribution is 6.39. The van der Waals surface area contributed by atoms with Crippen molar-refractivity contribution in [3.63, 3.8) is 0 Å². The molecule has 0 aliphatic heterocycles. The van der Waals surface area contributed by atoms with Crippen molar-refractivity contribution in [2.24, 2.45) is 0 Å². The predicted molar refractivity (Wildman–Crippen MR) is 30.8 cm³/mol. The van der Waals surface area contributed by atoms with Crippen LogP contribution < -0.4 is 0 Å². The molecule has 0 aromatic carbocycles. The highest BCUT2D eigenvalue weighted by Crippen LogP contribution is 2.46. The van der Waals surface area contributed by atoms with Crippen molar-refractivity contribution in [1.82, 2.24) is 0 Å².